The number of rotatable bonds is 7. The van der Waals surface area contributed by atoms with E-state index in [2.05, 4.69) is 31.0 Å². The van der Waals surface area contributed by atoms with Crippen molar-refractivity contribution in [1.29, 1.82) is 0 Å². The van der Waals surface area contributed by atoms with E-state index in [0.29, 0.717) is 28.8 Å². The fourth-order valence-corrected chi connectivity index (χ4v) is 4.62. The van der Waals surface area contributed by atoms with Crippen LogP contribution in [-0.4, -0.2) is 40.1 Å². The predicted octanol–water partition coefficient (Wildman–Crippen LogP) is 5.55. The molecule has 2 atom stereocenters. The Kier molecular flexibility index (Phi) is 7.05. The van der Waals surface area contributed by atoms with Gasteiger partial charge in [0.2, 0.25) is 0 Å². The Morgan fingerprint density at radius 3 is 2.57 bits per heavy atom. The second-order valence-corrected chi connectivity index (χ2v) is 10.2. The summed E-state index contributed by atoms with van der Waals surface area (Å²) in [4.78, 5) is 11.5. The minimum atomic E-state index is -0.908. The quantitative estimate of drug-likeness (QED) is 0.455. The molecule has 0 amide bonds. The Bertz CT molecular complexity index is 1230. The number of carboxylic acids is 1. The summed E-state index contributed by atoms with van der Waals surface area (Å²) in [5.74, 6) is 1.54. The van der Waals surface area contributed by atoms with Crippen LogP contribution in [0.15, 0.2) is 36.4 Å². The highest BCUT2D eigenvalue weighted by atomic mass is 35.5. The monoisotopic (exact) mass is 499 g/mol. The van der Waals surface area contributed by atoms with Crippen LogP contribution in [0.5, 0.6) is 11.5 Å². The first-order valence-corrected chi connectivity index (χ1v) is 11.8. The number of methoxy groups -OCH3 is 2. The van der Waals surface area contributed by atoms with Gasteiger partial charge in [0.05, 0.1) is 19.9 Å². The molecule has 1 aliphatic heterocycles. The van der Waals surface area contributed by atoms with Crippen molar-refractivity contribution in [3.8, 4) is 17.2 Å². The number of aromatic nitrogens is 3. The minimum Gasteiger partial charge on any atom is -0.493 e. The minimum absolute atomic E-state index is 0.0461. The summed E-state index contributed by atoms with van der Waals surface area (Å²) in [5, 5.41) is 18.9. The third-order valence-electron chi connectivity index (χ3n) is 5.88. The lowest BCUT2D eigenvalue weighted by atomic mass is 9.91. The molecular formula is C26H30ClN3O5. The number of benzene rings is 2. The van der Waals surface area contributed by atoms with E-state index in [1.54, 1.807) is 14.2 Å². The number of ether oxygens (including phenoxy) is 3. The average molecular weight is 500 g/mol. The van der Waals surface area contributed by atoms with E-state index >= 15 is 0 Å². The van der Waals surface area contributed by atoms with Gasteiger partial charge in [0.1, 0.15) is 18.0 Å². The number of halogens is 1. The summed E-state index contributed by atoms with van der Waals surface area (Å²) < 4.78 is 19.9. The summed E-state index contributed by atoms with van der Waals surface area (Å²) in [6, 6.07) is 11.2. The average Bonchev–Trinajstić information content (AvgIpc) is 3.13. The molecule has 0 radical (unpaired) electrons. The van der Waals surface area contributed by atoms with Crippen LogP contribution >= 0.6 is 11.6 Å². The van der Waals surface area contributed by atoms with E-state index in [9.17, 15) is 9.90 Å². The van der Waals surface area contributed by atoms with Crippen LogP contribution in [0.1, 0.15) is 68.6 Å². The van der Waals surface area contributed by atoms with E-state index < -0.39 is 18.2 Å². The van der Waals surface area contributed by atoms with Crippen molar-refractivity contribution in [3.63, 3.8) is 0 Å². The lowest BCUT2D eigenvalue weighted by Crippen LogP contribution is -2.16. The lowest BCUT2D eigenvalue weighted by molar-refractivity contribution is -0.138. The van der Waals surface area contributed by atoms with E-state index in [4.69, 9.17) is 25.8 Å². The van der Waals surface area contributed by atoms with Gasteiger partial charge in [0, 0.05) is 29.0 Å². The maximum absolute atomic E-state index is 11.5. The first-order chi connectivity index (χ1) is 16.6. The molecule has 0 aliphatic carbocycles. The fraction of sp³-hybridized carbons (Fsp3) is 0.423. The van der Waals surface area contributed by atoms with Gasteiger partial charge in [0.25, 0.3) is 0 Å². The molecule has 4 rings (SSSR count). The molecule has 0 saturated carbocycles. The molecule has 0 spiro atoms. The Hall–Kier alpha value is -3.10. The first-order valence-electron chi connectivity index (χ1n) is 11.4. The molecule has 2 heterocycles. The van der Waals surface area contributed by atoms with E-state index in [1.165, 1.54) is 0 Å². The first kappa shape index (κ1) is 25.0. The molecule has 3 aromatic rings. The third-order valence-corrected chi connectivity index (χ3v) is 6.12. The number of hydrogen-bond acceptors (Lipinski definition) is 6. The molecule has 186 valence electrons. The smallest absolute Gasteiger partial charge is 0.303 e. The fourth-order valence-electron chi connectivity index (χ4n) is 4.44. The van der Waals surface area contributed by atoms with Gasteiger partial charge in [-0.05, 0) is 36.1 Å². The highest BCUT2D eigenvalue weighted by molar-refractivity contribution is 6.30. The Labute approximate surface area is 209 Å². The normalized spacial score (nSPS) is 17.3. The molecule has 0 saturated heterocycles. The Balaban J connectivity index is 1.97. The molecule has 0 unspecified atom stereocenters. The van der Waals surface area contributed by atoms with Gasteiger partial charge in [-0.2, -0.15) is 0 Å². The number of carbonyl (C=O) groups is 1. The lowest BCUT2D eigenvalue weighted by Gasteiger charge is -2.25. The van der Waals surface area contributed by atoms with E-state index in [-0.39, 0.29) is 18.3 Å². The second kappa shape index (κ2) is 9.87. The van der Waals surface area contributed by atoms with Crippen molar-refractivity contribution in [2.45, 2.75) is 52.2 Å². The van der Waals surface area contributed by atoms with Crippen molar-refractivity contribution in [1.82, 2.24) is 14.8 Å². The molecule has 0 fully saturated rings. The maximum atomic E-state index is 11.5. The summed E-state index contributed by atoms with van der Waals surface area (Å²) >= 11 is 6.47. The summed E-state index contributed by atoms with van der Waals surface area (Å²) in [6.45, 7) is 6.41. The summed E-state index contributed by atoms with van der Waals surface area (Å²) in [6.07, 6.45) is -0.421. The van der Waals surface area contributed by atoms with Crippen molar-refractivity contribution < 1.29 is 24.1 Å². The molecular weight excluding hydrogens is 470 g/mol. The highest BCUT2D eigenvalue weighted by Gasteiger charge is 2.36. The number of nitrogens with zero attached hydrogens (tertiary/aromatic N) is 3. The molecule has 9 heteroatoms. The number of hydrogen-bond donors (Lipinski definition) is 1. The van der Waals surface area contributed by atoms with Crippen LogP contribution in [0.25, 0.3) is 5.69 Å². The largest absolute Gasteiger partial charge is 0.493 e. The van der Waals surface area contributed by atoms with Crippen molar-refractivity contribution in [2.24, 2.45) is 5.41 Å². The summed E-state index contributed by atoms with van der Waals surface area (Å²) in [7, 11) is 3.16. The zero-order chi connectivity index (χ0) is 25.3. The van der Waals surface area contributed by atoms with Gasteiger partial charge in [-0.25, -0.2) is 0 Å². The third kappa shape index (κ3) is 5.13. The number of carboxylic acid groups (broad SMARTS) is 1. The van der Waals surface area contributed by atoms with Gasteiger partial charge in [-0.3, -0.25) is 9.36 Å². The molecule has 35 heavy (non-hydrogen) atoms. The highest BCUT2D eigenvalue weighted by Crippen LogP contribution is 2.46. The van der Waals surface area contributed by atoms with E-state index in [1.807, 2.05) is 41.0 Å². The van der Waals surface area contributed by atoms with Gasteiger partial charge in [-0.15, -0.1) is 10.2 Å². The predicted molar refractivity (Wildman–Crippen MR) is 132 cm³/mol. The summed E-state index contributed by atoms with van der Waals surface area (Å²) in [5.41, 5.74) is 2.33. The molecule has 2 aromatic carbocycles. The molecule has 1 N–H and O–H groups in total. The van der Waals surface area contributed by atoms with Crippen LogP contribution in [0, 0.1) is 5.41 Å². The SMILES string of the molecule is COc1cccc([C@@H]2O[C@@H](CCC(=O)O)c3nnc(CC(C)(C)C)n3-c3ccc(Cl)cc32)c1OC. The second-order valence-electron chi connectivity index (χ2n) is 9.77. The molecule has 8 nitrogen and oxygen atoms in total. The zero-order valence-corrected chi connectivity index (χ0v) is 21.3. The Morgan fingerprint density at radius 2 is 1.91 bits per heavy atom. The van der Waals surface area contributed by atoms with Crippen LogP contribution in [0.4, 0.5) is 0 Å². The van der Waals surface area contributed by atoms with Crippen molar-refractivity contribution in [3.05, 3.63) is 64.2 Å². The van der Waals surface area contributed by atoms with Gasteiger partial charge in [0.15, 0.2) is 17.3 Å². The molecule has 1 aromatic heterocycles. The van der Waals surface area contributed by atoms with Crippen LogP contribution in [0.2, 0.25) is 5.02 Å². The van der Waals surface area contributed by atoms with E-state index in [0.717, 1.165) is 22.6 Å². The van der Waals surface area contributed by atoms with Crippen LogP contribution < -0.4 is 9.47 Å². The van der Waals surface area contributed by atoms with Crippen LogP contribution in [-0.2, 0) is 16.0 Å². The Morgan fingerprint density at radius 1 is 1.14 bits per heavy atom. The number of fused-ring (bicyclic) bond motifs is 3. The maximum Gasteiger partial charge on any atom is 0.303 e. The van der Waals surface area contributed by atoms with Gasteiger partial charge < -0.3 is 19.3 Å². The number of para-hydroxylation sites is 1. The van der Waals surface area contributed by atoms with Crippen LogP contribution in [0.3, 0.4) is 0 Å². The topological polar surface area (TPSA) is 95.7 Å². The van der Waals surface area contributed by atoms with Gasteiger partial charge >= 0.3 is 5.97 Å². The number of aliphatic carboxylic acids is 1. The van der Waals surface area contributed by atoms with Crippen molar-refractivity contribution >= 4 is 17.6 Å². The van der Waals surface area contributed by atoms with Gasteiger partial charge in [-0.1, -0.05) is 44.5 Å². The molecule has 1 aliphatic rings. The van der Waals surface area contributed by atoms with Crippen molar-refractivity contribution in [2.75, 3.05) is 14.2 Å². The zero-order valence-electron chi connectivity index (χ0n) is 20.5. The standard InChI is InChI=1S/C26H30ClN3O5/c1-26(2,3)14-21-28-29-25-20(11-12-22(31)32)35-23(16-7-6-8-19(33-4)24(16)34-5)17-13-15(27)9-10-18(17)30(21)25/h6-10,13,20,23H,11-12,14H2,1-5H3,(H,31,32)/t20-,23-/m0/s1. The molecule has 0 bridgehead atoms.